The molecule has 0 spiro atoms. The molecule has 2 aliphatic rings. The minimum absolute atomic E-state index is 0.0291. The van der Waals surface area contributed by atoms with E-state index in [1.807, 2.05) is 31.2 Å². The molecule has 9 heteroatoms. The van der Waals surface area contributed by atoms with Gasteiger partial charge in [-0.2, -0.15) is 0 Å². The van der Waals surface area contributed by atoms with Crippen molar-refractivity contribution < 1.29 is 14.3 Å². The van der Waals surface area contributed by atoms with Crippen LogP contribution in [0.25, 0.3) is 0 Å². The minimum Gasteiger partial charge on any atom is -0.466 e. The number of rotatable bonds is 9. The van der Waals surface area contributed by atoms with Crippen molar-refractivity contribution in [3.05, 3.63) is 47.2 Å². The SMILES string of the molecule is CCOC(=O)[C@H]1CCCN(C(=O)c2cccc(CSc3nc(CC)cc(N4CCN(CC)CC4)n3)c2)C1. The smallest absolute Gasteiger partial charge is 0.310 e. The van der Waals surface area contributed by atoms with E-state index in [0.29, 0.717) is 31.0 Å². The molecule has 0 N–H and O–H groups in total. The lowest BCUT2D eigenvalue weighted by molar-refractivity contribution is -0.149. The van der Waals surface area contributed by atoms with Gasteiger partial charge < -0.3 is 19.4 Å². The Labute approximate surface area is 224 Å². The Kier molecular flexibility index (Phi) is 9.80. The Bertz CT molecular complexity index is 1070. The van der Waals surface area contributed by atoms with Gasteiger partial charge in [-0.05, 0) is 50.4 Å². The van der Waals surface area contributed by atoms with Crippen LogP contribution >= 0.6 is 11.8 Å². The predicted molar refractivity (Wildman–Crippen MR) is 147 cm³/mol. The monoisotopic (exact) mass is 525 g/mol. The van der Waals surface area contributed by atoms with Crippen LogP contribution in [0.2, 0.25) is 0 Å². The molecule has 2 aliphatic heterocycles. The van der Waals surface area contributed by atoms with Gasteiger partial charge in [-0.3, -0.25) is 9.59 Å². The van der Waals surface area contributed by atoms with Crippen LogP contribution in [0.4, 0.5) is 5.82 Å². The lowest BCUT2D eigenvalue weighted by Gasteiger charge is -2.34. The molecule has 37 heavy (non-hydrogen) atoms. The largest absolute Gasteiger partial charge is 0.466 e. The number of carbonyl (C=O) groups is 2. The molecule has 1 aromatic carbocycles. The lowest BCUT2D eigenvalue weighted by Crippen LogP contribution is -2.46. The van der Waals surface area contributed by atoms with Gasteiger partial charge in [0, 0.05) is 62.3 Å². The Morgan fingerprint density at radius 2 is 1.86 bits per heavy atom. The number of aromatic nitrogens is 2. The van der Waals surface area contributed by atoms with E-state index in [-0.39, 0.29) is 17.8 Å². The van der Waals surface area contributed by atoms with Gasteiger partial charge in [-0.1, -0.05) is 37.7 Å². The number of nitrogens with zero attached hydrogens (tertiary/aromatic N) is 5. The maximum Gasteiger partial charge on any atom is 0.310 e. The first-order valence-corrected chi connectivity index (χ1v) is 14.5. The van der Waals surface area contributed by atoms with Gasteiger partial charge in [0.05, 0.1) is 12.5 Å². The number of amides is 1. The number of likely N-dealkylation sites (tertiary alicyclic amines) is 1. The zero-order chi connectivity index (χ0) is 26.2. The molecular formula is C28H39N5O3S. The average Bonchev–Trinajstić information content (AvgIpc) is 2.96. The first-order valence-electron chi connectivity index (χ1n) is 13.5. The highest BCUT2D eigenvalue weighted by Gasteiger charge is 2.30. The molecule has 2 saturated heterocycles. The summed E-state index contributed by atoms with van der Waals surface area (Å²) < 4.78 is 5.18. The number of aryl methyl sites for hydroxylation is 1. The Morgan fingerprint density at radius 1 is 1.05 bits per heavy atom. The third kappa shape index (κ3) is 7.23. The number of likely N-dealkylation sites (N-methyl/N-ethyl adjacent to an activating group) is 1. The number of carbonyl (C=O) groups excluding carboxylic acids is 2. The molecule has 0 bridgehead atoms. The molecule has 0 saturated carbocycles. The zero-order valence-corrected chi connectivity index (χ0v) is 23.1. The molecule has 0 unspecified atom stereocenters. The zero-order valence-electron chi connectivity index (χ0n) is 22.3. The molecule has 0 aliphatic carbocycles. The third-order valence-corrected chi connectivity index (χ3v) is 8.04. The van der Waals surface area contributed by atoms with E-state index >= 15 is 0 Å². The summed E-state index contributed by atoms with van der Waals surface area (Å²) in [5.74, 6) is 1.22. The number of anilines is 1. The molecular weight excluding hydrogens is 486 g/mol. The van der Waals surface area contributed by atoms with Crippen molar-refractivity contribution in [3.63, 3.8) is 0 Å². The number of esters is 1. The van der Waals surface area contributed by atoms with Crippen LogP contribution < -0.4 is 4.90 Å². The van der Waals surface area contributed by atoms with E-state index in [1.165, 1.54) is 0 Å². The highest BCUT2D eigenvalue weighted by Crippen LogP contribution is 2.25. The fourth-order valence-corrected chi connectivity index (χ4v) is 5.71. The van der Waals surface area contributed by atoms with Crippen molar-refractivity contribution in [2.45, 2.75) is 50.9 Å². The van der Waals surface area contributed by atoms with Gasteiger partial charge in [0.15, 0.2) is 5.16 Å². The van der Waals surface area contributed by atoms with Gasteiger partial charge in [0.1, 0.15) is 5.82 Å². The lowest BCUT2D eigenvalue weighted by atomic mass is 9.97. The number of hydrogen-bond donors (Lipinski definition) is 0. The summed E-state index contributed by atoms with van der Waals surface area (Å²) in [4.78, 5) is 41.7. The second kappa shape index (κ2) is 13.2. The van der Waals surface area contributed by atoms with Crippen LogP contribution in [0, 0.1) is 5.92 Å². The standard InChI is InChI=1S/C28H39N5O3S/c1-4-24-18-25(32-15-13-31(5-2)14-16-32)30-28(29-24)37-20-21-9-7-10-22(17-21)26(34)33-12-8-11-23(19-33)27(35)36-6-3/h7,9-10,17-18,23H,4-6,8,11-16,19-20H2,1-3H3/t23-/m0/s1. The molecule has 4 rings (SSSR count). The average molecular weight is 526 g/mol. The maximum atomic E-state index is 13.2. The summed E-state index contributed by atoms with van der Waals surface area (Å²) >= 11 is 1.61. The molecule has 1 amide bonds. The number of thioether (sulfide) groups is 1. The first kappa shape index (κ1) is 27.4. The number of hydrogen-bond acceptors (Lipinski definition) is 8. The summed E-state index contributed by atoms with van der Waals surface area (Å²) in [5.41, 5.74) is 2.76. The normalized spacial score (nSPS) is 18.6. The van der Waals surface area contributed by atoms with Crippen LogP contribution in [0.1, 0.15) is 55.2 Å². The molecule has 8 nitrogen and oxygen atoms in total. The maximum absolute atomic E-state index is 13.2. The molecule has 1 aromatic heterocycles. The van der Waals surface area contributed by atoms with Gasteiger partial charge in [-0.25, -0.2) is 9.97 Å². The van der Waals surface area contributed by atoms with Gasteiger partial charge in [-0.15, -0.1) is 0 Å². The van der Waals surface area contributed by atoms with Crippen molar-refractivity contribution in [2.75, 3.05) is 57.3 Å². The topological polar surface area (TPSA) is 78.9 Å². The quantitative estimate of drug-likeness (QED) is 0.277. The van der Waals surface area contributed by atoms with E-state index in [1.54, 1.807) is 16.7 Å². The summed E-state index contributed by atoms with van der Waals surface area (Å²) in [5, 5.41) is 0.775. The van der Waals surface area contributed by atoms with Crippen molar-refractivity contribution in [2.24, 2.45) is 5.92 Å². The third-order valence-electron chi connectivity index (χ3n) is 7.12. The van der Waals surface area contributed by atoms with Crippen LogP contribution in [0.15, 0.2) is 35.5 Å². The molecule has 2 fully saturated rings. The number of ether oxygens (including phenoxy) is 1. The summed E-state index contributed by atoms with van der Waals surface area (Å²) in [6.07, 6.45) is 2.45. The second-order valence-corrected chi connectivity index (χ2v) is 10.5. The molecule has 2 aromatic rings. The highest BCUT2D eigenvalue weighted by atomic mass is 32.2. The van der Waals surface area contributed by atoms with E-state index in [9.17, 15) is 9.59 Å². The Hall–Kier alpha value is -2.65. The Balaban J connectivity index is 1.40. The number of piperidine rings is 1. The van der Waals surface area contributed by atoms with E-state index in [0.717, 1.165) is 74.2 Å². The Morgan fingerprint density at radius 3 is 2.59 bits per heavy atom. The van der Waals surface area contributed by atoms with Crippen LogP contribution in [0.5, 0.6) is 0 Å². The van der Waals surface area contributed by atoms with Crippen LogP contribution in [-0.2, 0) is 21.7 Å². The van der Waals surface area contributed by atoms with Crippen LogP contribution in [0.3, 0.4) is 0 Å². The highest BCUT2D eigenvalue weighted by molar-refractivity contribution is 7.98. The predicted octanol–water partition coefficient (Wildman–Crippen LogP) is 3.89. The fraction of sp³-hybridized carbons (Fsp3) is 0.571. The van der Waals surface area contributed by atoms with Gasteiger partial charge in [0.2, 0.25) is 0 Å². The van der Waals surface area contributed by atoms with Gasteiger partial charge in [0.25, 0.3) is 5.91 Å². The summed E-state index contributed by atoms with van der Waals surface area (Å²) in [7, 11) is 0. The molecule has 200 valence electrons. The van der Waals surface area contributed by atoms with E-state index in [2.05, 4.69) is 29.7 Å². The van der Waals surface area contributed by atoms with E-state index in [4.69, 9.17) is 14.7 Å². The van der Waals surface area contributed by atoms with Crippen molar-refractivity contribution >= 4 is 29.5 Å². The molecule has 3 heterocycles. The summed E-state index contributed by atoms with van der Waals surface area (Å²) in [6, 6.07) is 9.89. The van der Waals surface area contributed by atoms with Crippen molar-refractivity contribution in [3.8, 4) is 0 Å². The minimum atomic E-state index is -0.237. The number of benzene rings is 1. The van der Waals surface area contributed by atoms with E-state index < -0.39 is 0 Å². The van der Waals surface area contributed by atoms with Crippen molar-refractivity contribution in [1.82, 2.24) is 19.8 Å². The second-order valence-electron chi connectivity index (χ2n) is 9.61. The van der Waals surface area contributed by atoms with Crippen molar-refractivity contribution in [1.29, 1.82) is 0 Å². The first-order chi connectivity index (χ1) is 18.0. The molecule has 0 radical (unpaired) electrons. The van der Waals surface area contributed by atoms with Crippen LogP contribution in [-0.4, -0.2) is 84.1 Å². The molecule has 1 atom stereocenters. The van der Waals surface area contributed by atoms with Gasteiger partial charge >= 0.3 is 5.97 Å². The number of piperazine rings is 1. The summed E-state index contributed by atoms with van der Waals surface area (Å²) in [6.45, 7) is 12.8. The fourth-order valence-electron chi connectivity index (χ4n) is 4.90.